The number of rotatable bonds is 5. The zero-order chi connectivity index (χ0) is 19.7. The van der Waals surface area contributed by atoms with E-state index >= 15 is 0 Å². The molecule has 2 heterocycles. The Bertz CT molecular complexity index is 977. The maximum atomic E-state index is 12.6. The Balaban J connectivity index is 1.52. The molecule has 7 heteroatoms. The minimum absolute atomic E-state index is 0.0117. The van der Waals surface area contributed by atoms with Crippen LogP contribution in [0.4, 0.5) is 0 Å². The van der Waals surface area contributed by atoms with Gasteiger partial charge < -0.3 is 5.32 Å². The van der Waals surface area contributed by atoms with E-state index < -0.39 is 0 Å². The number of thioether (sulfide) groups is 1. The van der Waals surface area contributed by atoms with E-state index in [1.54, 1.807) is 11.3 Å². The third-order valence-corrected chi connectivity index (χ3v) is 7.08. The first-order valence-corrected chi connectivity index (χ1v) is 11.2. The highest BCUT2D eigenvalue weighted by Gasteiger charge is 2.36. The summed E-state index contributed by atoms with van der Waals surface area (Å²) in [6.45, 7) is 6.48. The lowest BCUT2D eigenvalue weighted by Crippen LogP contribution is -2.37. The summed E-state index contributed by atoms with van der Waals surface area (Å²) < 4.78 is 2.96. The number of fused-ring (bicyclic) bond motifs is 1. The van der Waals surface area contributed by atoms with Crippen LogP contribution in [0.25, 0.3) is 5.69 Å². The number of carbonyl (C=O) groups excluding carboxylic acids is 1. The van der Waals surface area contributed by atoms with Crippen LogP contribution in [0, 0.1) is 12.3 Å². The van der Waals surface area contributed by atoms with Gasteiger partial charge in [0.25, 0.3) is 0 Å². The first kappa shape index (κ1) is 19.2. The number of hydrogen-bond acceptors (Lipinski definition) is 5. The van der Waals surface area contributed by atoms with Crippen molar-refractivity contribution in [3.05, 3.63) is 58.9 Å². The predicted molar refractivity (Wildman–Crippen MR) is 114 cm³/mol. The smallest absolute Gasteiger partial charge is 0.230 e. The number of nitrogens with zero attached hydrogens (tertiary/aromatic N) is 3. The van der Waals surface area contributed by atoms with E-state index in [0.29, 0.717) is 5.75 Å². The molecule has 0 aliphatic heterocycles. The fraction of sp³-hybridized carbons (Fsp3) is 0.381. The molecular weight excluding hydrogens is 388 g/mol. The van der Waals surface area contributed by atoms with Crippen molar-refractivity contribution in [2.45, 2.75) is 44.0 Å². The zero-order valence-corrected chi connectivity index (χ0v) is 17.9. The third kappa shape index (κ3) is 4.15. The normalized spacial score (nSPS) is 17.9. The maximum absolute atomic E-state index is 12.6. The summed E-state index contributed by atoms with van der Waals surface area (Å²) in [5.74, 6) is 0.422. The van der Waals surface area contributed by atoms with E-state index in [1.807, 2.05) is 41.4 Å². The number of benzene rings is 1. The predicted octanol–water partition coefficient (Wildman–Crippen LogP) is 4.56. The van der Waals surface area contributed by atoms with Gasteiger partial charge in [-0.3, -0.25) is 4.79 Å². The number of carbonyl (C=O) groups is 1. The molecule has 0 fully saturated rings. The summed E-state index contributed by atoms with van der Waals surface area (Å²) in [4.78, 5) is 17.0. The molecule has 1 aromatic carbocycles. The number of thiazole rings is 1. The SMILES string of the molecule is Cc1csc(SCC(=O)NC2CC(C)(C)Cc3c2cnn3-c2ccccc2)n1. The second-order valence-electron chi connectivity index (χ2n) is 8.00. The molecule has 1 aliphatic rings. The van der Waals surface area contributed by atoms with Crippen molar-refractivity contribution >= 4 is 29.0 Å². The first-order valence-electron chi connectivity index (χ1n) is 9.38. The van der Waals surface area contributed by atoms with Crippen molar-refractivity contribution in [1.82, 2.24) is 20.1 Å². The van der Waals surface area contributed by atoms with E-state index in [4.69, 9.17) is 0 Å². The number of para-hydroxylation sites is 1. The molecule has 1 atom stereocenters. The van der Waals surface area contributed by atoms with Gasteiger partial charge in [0.1, 0.15) is 0 Å². The summed E-state index contributed by atoms with van der Waals surface area (Å²) in [6, 6.07) is 10.2. The lowest BCUT2D eigenvalue weighted by molar-refractivity contribution is -0.119. The topological polar surface area (TPSA) is 59.8 Å². The number of aryl methyl sites for hydroxylation is 1. The molecule has 0 saturated carbocycles. The fourth-order valence-electron chi connectivity index (χ4n) is 3.72. The Morgan fingerprint density at radius 2 is 2.14 bits per heavy atom. The molecule has 3 aromatic rings. The van der Waals surface area contributed by atoms with Crippen LogP contribution in [-0.2, 0) is 11.2 Å². The van der Waals surface area contributed by atoms with Crippen molar-refractivity contribution in [3.63, 3.8) is 0 Å². The van der Waals surface area contributed by atoms with Gasteiger partial charge >= 0.3 is 0 Å². The van der Waals surface area contributed by atoms with Gasteiger partial charge in [0.15, 0.2) is 4.34 Å². The average Bonchev–Trinajstić information content (AvgIpc) is 3.26. The minimum Gasteiger partial charge on any atom is -0.348 e. The van der Waals surface area contributed by atoms with Crippen LogP contribution in [0.15, 0.2) is 46.2 Å². The van der Waals surface area contributed by atoms with E-state index in [0.717, 1.165) is 34.1 Å². The molecule has 1 amide bonds. The van der Waals surface area contributed by atoms with Crippen molar-refractivity contribution in [2.75, 3.05) is 5.75 Å². The summed E-state index contributed by atoms with van der Waals surface area (Å²) in [6.07, 6.45) is 3.77. The number of aromatic nitrogens is 3. The number of nitrogens with one attached hydrogen (secondary N) is 1. The molecule has 0 bridgehead atoms. The van der Waals surface area contributed by atoms with Crippen LogP contribution in [0.1, 0.15) is 43.3 Å². The van der Waals surface area contributed by atoms with E-state index in [9.17, 15) is 4.79 Å². The molecule has 28 heavy (non-hydrogen) atoms. The lowest BCUT2D eigenvalue weighted by Gasteiger charge is -2.36. The van der Waals surface area contributed by atoms with Gasteiger partial charge in [0, 0.05) is 16.6 Å². The summed E-state index contributed by atoms with van der Waals surface area (Å²) in [5.41, 5.74) is 4.47. The summed E-state index contributed by atoms with van der Waals surface area (Å²) >= 11 is 3.08. The number of amides is 1. The van der Waals surface area contributed by atoms with Crippen LogP contribution in [-0.4, -0.2) is 26.4 Å². The standard InChI is InChI=1S/C21H24N4OS2/c1-14-12-27-20(23-14)28-13-19(26)24-17-9-21(2,3)10-18-16(17)11-22-25(18)15-7-5-4-6-8-15/h4-8,11-12,17H,9-10,13H2,1-3H3,(H,24,26). The quantitative estimate of drug-likeness (QED) is 0.624. The van der Waals surface area contributed by atoms with E-state index in [2.05, 4.69) is 41.4 Å². The highest BCUT2D eigenvalue weighted by molar-refractivity contribution is 8.01. The van der Waals surface area contributed by atoms with Gasteiger partial charge in [0.05, 0.1) is 29.4 Å². The van der Waals surface area contributed by atoms with Crippen LogP contribution in [0.3, 0.4) is 0 Å². The van der Waals surface area contributed by atoms with Crippen molar-refractivity contribution < 1.29 is 4.79 Å². The van der Waals surface area contributed by atoms with E-state index in [1.165, 1.54) is 17.5 Å². The van der Waals surface area contributed by atoms with Crippen LogP contribution >= 0.6 is 23.1 Å². The van der Waals surface area contributed by atoms with E-state index in [-0.39, 0.29) is 17.4 Å². The molecule has 1 N–H and O–H groups in total. The Hall–Kier alpha value is -2.12. The largest absolute Gasteiger partial charge is 0.348 e. The van der Waals surface area contributed by atoms with Crippen molar-refractivity contribution in [1.29, 1.82) is 0 Å². The van der Waals surface area contributed by atoms with Crippen LogP contribution < -0.4 is 5.32 Å². The molecule has 1 unspecified atom stereocenters. The molecule has 0 saturated heterocycles. The highest BCUT2D eigenvalue weighted by atomic mass is 32.2. The van der Waals surface area contributed by atoms with Gasteiger partial charge in [-0.15, -0.1) is 11.3 Å². The molecule has 5 nitrogen and oxygen atoms in total. The van der Waals surface area contributed by atoms with Gasteiger partial charge in [-0.05, 0) is 37.3 Å². The Morgan fingerprint density at radius 3 is 2.86 bits per heavy atom. The van der Waals surface area contributed by atoms with Crippen LogP contribution in [0.5, 0.6) is 0 Å². The van der Waals surface area contributed by atoms with Gasteiger partial charge in [0.2, 0.25) is 5.91 Å². The molecule has 4 rings (SSSR count). The zero-order valence-electron chi connectivity index (χ0n) is 16.3. The molecule has 1 aliphatic carbocycles. The fourth-order valence-corrected chi connectivity index (χ4v) is 5.39. The second-order valence-corrected chi connectivity index (χ2v) is 10.1. The maximum Gasteiger partial charge on any atom is 0.230 e. The summed E-state index contributed by atoms with van der Waals surface area (Å²) in [5, 5.41) is 9.88. The molecule has 2 aromatic heterocycles. The first-order chi connectivity index (χ1) is 13.4. The van der Waals surface area contributed by atoms with Crippen molar-refractivity contribution in [3.8, 4) is 5.69 Å². The van der Waals surface area contributed by atoms with Crippen LogP contribution in [0.2, 0.25) is 0 Å². The minimum atomic E-state index is -0.0117. The molecule has 0 spiro atoms. The Labute approximate surface area is 173 Å². The average molecular weight is 413 g/mol. The highest BCUT2D eigenvalue weighted by Crippen LogP contribution is 2.41. The second kappa shape index (κ2) is 7.72. The molecule has 146 valence electrons. The van der Waals surface area contributed by atoms with Gasteiger partial charge in [-0.25, -0.2) is 9.67 Å². The number of hydrogen-bond donors (Lipinski definition) is 1. The monoisotopic (exact) mass is 412 g/mol. The third-order valence-electron chi connectivity index (χ3n) is 4.94. The molecular formula is C21H24N4OS2. The molecule has 0 radical (unpaired) electrons. The lowest BCUT2D eigenvalue weighted by atomic mass is 9.74. The summed E-state index contributed by atoms with van der Waals surface area (Å²) in [7, 11) is 0. The Morgan fingerprint density at radius 1 is 1.36 bits per heavy atom. The Kier molecular flexibility index (Phi) is 5.29. The van der Waals surface area contributed by atoms with Gasteiger partial charge in [-0.1, -0.05) is 43.8 Å². The van der Waals surface area contributed by atoms with Crippen molar-refractivity contribution in [2.24, 2.45) is 5.41 Å². The van der Waals surface area contributed by atoms with Gasteiger partial charge in [-0.2, -0.15) is 5.10 Å².